The molecule has 0 aliphatic carbocycles. The van der Waals surface area contributed by atoms with E-state index in [1.165, 1.54) is 10.7 Å². The number of aromatic nitrogens is 2. The van der Waals surface area contributed by atoms with Crippen LogP contribution in [0.2, 0.25) is 0 Å². The molecular formula is C20H20N4O4S. The third-order valence-electron chi connectivity index (χ3n) is 4.08. The summed E-state index contributed by atoms with van der Waals surface area (Å²) in [5.74, 6) is -0.645. The Morgan fingerprint density at radius 2 is 1.72 bits per heavy atom. The van der Waals surface area contributed by atoms with Crippen LogP contribution in [0.25, 0.3) is 5.69 Å². The normalized spacial score (nSPS) is 11.1. The van der Waals surface area contributed by atoms with Gasteiger partial charge in [0, 0.05) is 18.3 Å². The molecular weight excluding hydrogens is 392 g/mol. The highest BCUT2D eigenvalue weighted by molar-refractivity contribution is 7.92. The molecule has 1 aromatic heterocycles. The van der Waals surface area contributed by atoms with Gasteiger partial charge in [0.2, 0.25) is 15.5 Å². The Balaban J connectivity index is 1.85. The first-order chi connectivity index (χ1) is 13.7. The fourth-order valence-electron chi connectivity index (χ4n) is 2.77. The molecule has 3 aromatic rings. The molecule has 0 unspecified atom stereocenters. The fourth-order valence-corrected chi connectivity index (χ4v) is 3.37. The number of para-hydroxylation sites is 2. The third kappa shape index (κ3) is 5.08. The molecule has 0 radical (unpaired) electrons. The van der Waals surface area contributed by atoms with Crippen LogP contribution >= 0.6 is 0 Å². The van der Waals surface area contributed by atoms with Crippen molar-refractivity contribution in [3.05, 3.63) is 87.8 Å². The Bertz CT molecular complexity index is 1200. The summed E-state index contributed by atoms with van der Waals surface area (Å²) in [6.07, 6.45) is 1.05. The van der Waals surface area contributed by atoms with Crippen molar-refractivity contribution in [1.82, 2.24) is 15.1 Å². The molecule has 0 spiro atoms. The van der Waals surface area contributed by atoms with Crippen LogP contribution in [0.15, 0.2) is 65.5 Å². The lowest BCUT2D eigenvalue weighted by atomic mass is 10.2. The van der Waals surface area contributed by atoms with Gasteiger partial charge in [-0.15, -0.1) is 0 Å². The minimum absolute atomic E-state index is 0.0257. The average Bonchev–Trinajstić information content (AvgIpc) is 2.66. The smallest absolute Gasteiger partial charge is 0.276 e. The third-order valence-corrected chi connectivity index (χ3v) is 4.67. The van der Waals surface area contributed by atoms with Gasteiger partial charge in [-0.2, -0.15) is 5.10 Å². The summed E-state index contributed by atoms with van der Waals surface area (Å²) in [6.45, 7) is 1.76. The highest BCUT2D eigenvalue weighted by Crippen LogP contribution is 2.16. The maximum Gasteiger partial charge on any atom is 0.276 e. The molecule has 2 aromatic carbocycles. The van der Waals surface area contributed by atoms with Crippen LogP contribution < -0.4 is 15.5 Å². The Kier molecular flexibility index (Phi) is 5.79. The predicted molar refractivity (Wildman–Crippen MR) is 111 cm³/mol. The van der Waals surface area contributed by atoms with Crippen molar-refractivity contribution >= 4 is 21.6 Å². The lowest BCUT2D eigenvalue weighted by molar-refractivity contribution is 0.0943. The van der Waals surface area contributed by atoms with Gasteiger partial charge in [-0.05, 0) is 30.7 Å². The highest BCUT2D eigenvalue weighted by atomic mass is 32.2. The van der Waals surface area contributed by atoms with Gasteiger partial charge in [-0.3, -0.25) is 14.3 Å². The molecule has 0 saturated carbocycles. The van der Waals surface area contributed by atoms with E-state index in [0.29, 0.717) is 16.9 Å². The topological polar surface area (TPSA) is 110 Å². The monoisotopic (exact) mass is 412 g/mol. The molecule has 0 saturated heterocycles. The molecule has 0 aliphatic rings. The summed E-state index contributed by atoms with van der Waals surface area (Å²) in [5.41, 5.74) is 1.50. The number of sulfonamides is 1. The Hall–Kier alpha value is -3.46. The molecule has 0 fully saturated rings. The quantitative estimate of drug-likeness (QED) is 0.642. The van der Waals surface area contributed by atoms with Gasteiger partial charge in [0.05, 0.1) is 17.6 Å². The number of carbonyl (C=O) groups excluding carboxylic acids is 1. The zero-order valence-electron chi connectivity index (χ0n) is 15.9. The van der Waals surface area contributed by atoms with Gasteiger partial charge in [0.25, 0.3) is 5.91 Å². The van der Waals surface area contributed by atoms with Gasteiger partial charge in [0.15, 0.2) is 5.69 Å². The lowest BCUT2D eigenvalue weighted by Crippen LogP contribution is -2.32. The molecule has 0 atom stereocenters. The Morgan fingerprint density at radius 1 is 1.07 bits per heavy atom. The Morgan fingerprint density at radius 3 is 2.41 bits per heavy atom. The predicted octanol–water partition coefficient (Wildman–Crippen LogP) is 1.84. The molecule has 29 heavy (non-hydrogen) atoms. The maximum absolute atomic E-state index is 12.6. The van der Waals surface area contributed by atoms with Crippen molar-refractivity contribution in [2.45, 2.75) is 13.5 Å². The van der Waals surface area contributed by atoms with E-state index >= 15 is 0 Å². The molecule has 2 N–H and O–H groups in total. The van der Waals surface area contributed by atoms with Gasteiger partial charge < -0.3 is 5.32 Å². The van der Waals surface area contributed by atoms with Crippen LogP contribution in [0.1, 0.15) is 21.7 Å². The van der Waals surface area contributed by atoms with E-state index in [1.54, 1.807) is 31.2 Å². The first-order valence-electron chi connectivity index (χ1n) is 8.75. The van der Waals surface area contributed by atoms with E-state index in [1.807, 2.05) is 30.3 Å². The van der Waals surface area contributed by atoms with Gasteiger partial charge in [0.1, 0.15) is 0 Å². The zero-order valence-corrected chi connectivity index (χ0v) is 16.7. The zero-order chi connectivity index (χ0) is 21.0. The highest BCUT2D eigenvalue weighted by Gasteiger charge is 2.16. The number of amides is 1. The van der Waals surface area contributed by atoms with E-state index in [0.717, 1.165) is 11.9 Å². The number of anilines is 1. The molecule has 1 heterocycles. The average molecular weight is 412 g/mol. The van der Waals surface area contributed by atoms with Crippen LogP contribution in [-0.2, 0) is 16.6 Å². The number of nitrogens with zero attached hydrogens (tertiary/aromatic N) is 2. The summed E-state index contributed by atoms with van der Waals surface area (Å²) in [5, 5.41) is 6.85. The second-order valence-electron chi connectivity index (χ2n) is 6.46. The van der Waals surface area contributed by atoms with E-state index in [4.69, 9.17) is 0 Å². The van der Waals surface area contributed by atoms with Crippen LogP contribution in [0.3, 0.4) is 0 Å². The molecule has 1 amide bonds. The van der Waals surface area contributed by atoms with Gasteiger partial charge >= 0.3 is 0 Å². The van der Waals surface area contributed by atoms with Crippen LogP contribution in [0, 0.1) is 6.92 Å². The van der Waals surface area contributed by atoms with Crippen LogP contribution in [0.4, 0.5) is 5.69 Å². The number of hydrogen-bond acceptors (Lipinski definition) is 5. The van der Waals surface area contributed by atoms with Gasteiger partial charge in [-0.1, -0.05) is 36.4 Å². The molecule has 0 bridgehead atoms. The molecule has 0 aliphatic heterocycles. The number of aryl methyl sites for hydroxylation is 1. The Labute approximate surface area is 168 Å². The SMILES string of the molecule is Cc1cc(=O)c(C(=O)NCc2ccccc2NS(C)(=O)=O)nn1-c1ccccc1. The summed E-state index contributed by atoms with van der Waals surface area (Å²) in [7, 11) is -3.47. The van der Waals surface area contributed by atoms with Crippen molar-refractivity contribution in [2.24, 2.45) is 0 Å². The largest absolute Gasteiger partial charge is 0.346 e. The van der Waals surface area contributed by atoms with Crippen molar-refractivity contribution in [2.75, 3.05) is 11.0 Å². The summed E-state index contributed by atoms with van der Waals surface area (Å²) >= 11 is 0. The maximum atomic E-state index is 12.6. The number of hydrogen-bond donors (Lipinski definition) is 2. The van der Waals surface area contributed by atoms with Crippen molar-refractivity contribution < 1.29 is 13.2 Å². The van der Waals surface area contributed by atoms with Crippen molar-refractivity contribution in [1.29, 1.82) is 0 Å². The van der Waals surface area contributed by atoms with E-state index in [9.17, 15) is 18.0 Å². The van der Waals surface area contributed by atoms with Gasteiger partial charge in [-0.25, -0.2) is 13.1 Å². The summed E-state index contributed by atoms with van der Waals surface area (Å²) in [6, 6.07) is 17.2. The molecule has 150 valence electrons. The minimum atomic E-state index is -3.47. The van der Waals surface area contributed by atoms with Crippen LogP contribution in [-0.4, -0.2) is 30.4 Å². The number of benzene rings is 2. The summed E-state index contributed by atoms with van der Waals surface area (Å²) < 4.78 is 26.9. The van der Waals surface area contributed by atoms with E-state index in [2.05, 4.69) is 15.1 Å². The summed E-state index contributed by atoms with van der Waals surface area (Å²) in [4.78, 5) is 24.9. The second kappa shape index (κ2) is 8.27. The lowest BCUT2D eigenvalue weighted by Gasteiger charge is -2.13. The second-order valence-corrected chi connectivity index (χ2v) is 8.21. The molecule has 8 nitrogen and oxygen atoms in total. The number of rotatable bonds is 6. The van der Waals surface area contributed by atoms with E-state index in [-0.39, 0.29) is 12.2 Å². The first kappa shape index (κ1) is 20.3. The number of carbonyl (C=O) groups is 1. The van der Waals surface area contributed by atoms with E-state index < -0.39 is 21.4 Å². The van der Waals surface area contributed by atoms with Crippen molar-refractivity contribution in [3.8, 4) is 5.69 Å². The standard InChI is InChI=1S/C20H20N4O4S/c1-14-12-18(25)19(22-24(14)16-9-4-3-5-10-16)20(26)21-13-15-8-6-7-11-17(15)23-29(2,27)28/h3-12,23H,13H2,1-2H3,(H,21,26). The molecule has 9 heteroatoms. The minimum Gasteiger partial charge on any atom is -0.346 e. The first-order valence-corrected chi connectivity index (χ1v) is 10.6. The van der Waals surface area contributed by atoms with Crippen molar-refractivity contribution in [3.63, 3.8) is 0 Å². The number of nitrogens with one attached hydrogen (secondary N) is 2. The molecule has 3 rings (SSSR count). The fraction of sp³-hybridized carbons (Fsp3) is 0.150. The van der Waals surface area contributed by atoms with Crippen LogP contribution in [0.5, 0.6) is 0 Å².